The first-order valence-electron chi connectivity index (χ1n) is 23.6. The molecule has 1 N–H and O–H groups in total. The summed E-state index contributed by atoms with van der Waals surface area (Å²) >= 11 is 0. The number of aromatic amines is 1. The van der Waals surface area contributed by atoms with Gasteiger partial charge in [-0.2, -0.15) is 8.61 Å². The van der Waals surface area contributed by atoms with E-state index in [4.69, 9.17) is 0 Å². The second-order valence-corrected chi connectivity index (χ2v) is 24.9. The van der Waals surface area contributed by atoms with Gasteiger partial charge in [-0.25, -0.2) is 29.2 Å². The van der Waals surface area contributed by atoms with Gasteiger partial charge in [-0.1, -0.05) is 72.6 Å². The van der Waals surface area contributed by atoms with E-state index in [2.05, 4.69) is 25.8 Å². The van der Waals surface area contributed by atoms with Gasteiger partial charge < -0.3 is 14.8 Å². The topological polar surface area (TPSA) is 170 Å². The molecular weight excluding hydrogens is 909 g/mol. The van der Waals surface area contributed by atoms with Crippen molar-refractivity contribution in [2.45, 2.75) is 109 Å². The minimum atomic E-state index is -4.15. The largest absolute Gasteiger partial charge is 0.350 e. The van der Waals surface area contributed by atoms with Crippen molar-refractivity contribution in [2.24, 2.45) is 23.7 Å². The number of rotatable bonds is 14. The second-order valence-electron chi connectivity index (χ2n) is 19.3. The van der Waals surface area contributed by atoms with Crippen LogP contribution in [0, 0.1) is 37.5 Å². The summed E-state index contributed by atoms with van der Waals surface area (Å²) in [5, 5.41) is 1.22. The summed E-state index contributed by atoms with van der Waals surface area (Å²) in [6, 6.07) is 17.6. The lowest BCUT2D eigenvalue weighted by molar-refractivity contribution is 0.0779. The van der Waals surface area contributed by atoms with Gasteiger partial charge in [-0.05, 0) is 123 Å². The molecule has 3 aromatic carbocycles. The summed E-state index contributed by atoms with van der Waals surface area (Å²) < 4.78 is 85.7. The van der Waals surface area contributed by atoms with Crippen LogP contribution in [0.25, 0.3) is 21.8 Å². The zero-order valence-electron chi connectivity index (χ0n) is 40.9. The Balaban J connectivity index is 0.000000229. The van der Waals surface area contributed by atoms with Crippen molar-refractivity contribution in [1.29, 1.82) is 0 Å². The van der Waals surface area contributed by atoms with Gasteiger partial charge in [0.25, 0.3) is 21.8 Å². The Kier molecular flexibility index (Phi) is 16.2. The summed E-state index contributed by atoms with van der Waals surface area (Å²) in [7, 11) is -8.04. The number of aromatic nitrogens is 2. The summed E-state index contributed by atoms with van der Waals surface area (Å²) in [4.78, 5) is 33.3. The van der Waals surface area contributed by atoms with Crippen molar-refractivity contribution in [3.63, 3.8) is 0 Å². The van der Waals surface area contributed by atoms with Crippen LogP contribution in [-0.4, -0.2) is 118 Å². The molecule has 17 heteroatoms. The maximum atomic E-state index is 13.9. The molecule has 0 spiro atoms. The molecule has 4 unspecified atom stereocenters. The van der Waals surface area contributed by atoms with Crippen LogP contribution in [0.1, 0.15) is 112 Å². The Morgan fingerprint density at radius 3 is 1.55 bits per heavy atom. The van der Waals surface area contributed by atoms with Gasteiger partial charge in [0.05, 0.1) is 20.2 Å². The maximum absolute atomic E-state index is 13.9. The quantitative estimate of drug-likeness (QED) is 0.115. The molecule has 0 radical (unpaired) electrons. The SMILES string of the molecule is CCCCN(C)C(=O)c1[nH]c2ccc(S(=O)(=O)N3CC(C)CC(C)C3)cc2c1C.CCCCN(C)C(=O)c1c(C)c2cc(S(=O)(=O)N3CC(C)CC(C)C3)ccc2n1S(=O)(=O)c1ccccc1. The fourth-order valence-corrected chi connectivity index (χ4v) is 14.7. The average Bonchev–Trinajstić information content (AvgIpc) is 3.79. The predicted molar refractivity (Wildman–Crippen MR) is 266 cm³/mol. The molecule has 14 nitrogen and oxygen atoms in total. The molecule has 0 aliphatic carbocycles. The first kappa shape index (κ1) is 51.8. The molecule has 2 amide bonds. The van der Waals surface area contributed by atoms with E-state index in [9.17, 15) is 34.8 Å². The summed E-state index contributed by atoms with van der Waals surface area (Å²) in [5.74, 6) is 0.728. The molecular formula is C50H70N6O8S3. The highest BCUT2D eigenvalue weighted by Gasteiger charge is 2.36. The van der Waals surface area contributed by atoms with E-state index in [1.807, 2.05) is 27.7 Å². The minimum Gasteiger partial charge on any atom is -0.350 e. The number of piperidine rings is 2. The highest BCUT2D eigenvalue weighted by Crippen LogP contribution is 2.35. The highest BCUT2D eigenvalue weighted by molar-refractivity contribution is 7.90. The molecule has 4 heterocycles. The number of carbonyl (C=O) groups is 2. The molecule has 2 aromatic heterocycles. The molecule has 4 atom stereocenters. The Bertz CT molecular complexity index is 2910. The number of benzene rings is 3. The zero-order valence-corrected chi connectivity index (χ0v) is 43.3. The Morgan fingerprint density at radius 2 is 1.06 bits per heavy atom. The summed E-state index contributed by atoms with van der Waals surface area (Å²) in [6.07, 6.45) is 5.67. The van der Waals surface area contributed by atoms with Crippen molar-refractivity contribution in [1.82, 2.24) is 27.4 Å². The van der Waals surface area contributed by atoms with Gasteiger partial charge in [0.15, 0.2) is 0 Å². The first-order chi connectivity index (χ1) is 31.5. The number of sulfonamides is 2. The van der Waals surface area contributed by atoms with Gasteiger partial charge in [0.2, 0.25) is 20.0 Å². The molecule has 2 fully saturated rings. The van der Waals surface area contributed by atoms with E-state index >= 15 is 0 Å². The standard InChI is InChI=1S/C28H37N3O5S2.C22H33N3O3S/c1-6-7-15-29(5)28(32)27-22(4)25-17-24(37(33,34)30-18-20(2)16-21(3)19-30)13-14-26(25)31(27)38(35,36)23-11-9-8-10-12-23;1-6-7-10-24(5)22(26)21-17(4)19-12-18(8-9-20(19)23-21)29(27,28)25-13-15(2)11-16(3)14-25/h8-14,17,20-21H,6-7,15-16,18-19H2,1-5H3;8-9,12,15-16,23H,6-7,10-11,13-14H2,1-5H3. The van der Waals surface area contributed by atoms with Crippen LogP contribution in [0.5, 0.6) is 0 Å². The molecule has 5 aromatic rings. The molecule has 0 saturated carbocycles. The van der Waals surface area contributed by atoms with E-state index in [1.54, 1.807) is 66.6 Å². The minimum absolute atomic E-state index is 0.0252. The molecule has 2 saturated heterocycles. The molecule has 7 rings (SSSR count). The third-order valence-electron chi connectivity index (χ3n) is 13.2. The number of nitrogens with zero attached hydrogens (tertiary/aromatic N) is 5. The van der Waals surface area contributed by atoms with Crippen LogP contribution < -0.4 is 0 Å². The Labute approximate surface area is 398 Å². The monoisotopic (exact) mass is 978 g/mol. The maximum Gasteiger partial charge on any atom is 0.271 e. The van der Waals surface area contributed by atoms with Crippen LogP contribution in [0.3, 0.4) is 0 Å². The van der Waals surface area contributed by atoms with Crippen molar-refractivity contribution in [3.8, 4) is 0 Å². The lowest BCUT2D eigenvalue weighted by Gasteiger charge is -2.34. The van der Waals surface area contributed by atoms with Crippen LogP contribution in [0.2, 0.25) is 0 Å². The van der Waals surface area contributed by atoms with E-state index in [-0.39, 0.29) is 38.7 Å². The van der Waals surface area contributed by atoms with E-state index in [0.717, 1.165) is 59.0 Å². The molecule has 2 aliphatic rings. The molecule has 67 heavy (non-hydrogen) atoms. The average molecular weight is 979 g/mol. The van der Waals surface area contributed by atoms with Gasteiger partial charge in [0.1, 0.15) is 11.4 Å². The van der Waals surface area contributed by atoms with Gasteiger partial charge in [-0.3, -0.25) is 9.59 Å². The van der Waals surface area contributed by atoms with Crippen molar-refractivity contribution in [3.05, 3.63) is 89.2 Å². The number of carbonyl (C=O) groups excluding carboxylic acids is 2. The van der Waals surface area contributed by atoms with Crippen LogP contribution in [-0.2, 0) is 30.1 Å². The van der Waals surface area contributed by atoms with Crippen molar-refractivity contribution < 1.29 is 34.8 Å². The lowest BCUT2D eigenvalue weighted by Crippen LogP contribution is -2.42. The van der Waals surface area contributed by atoms with Gasteiger partial charge in [0, 0.05) is 69.7 Å². The number of unbranched alkanes of at least 4 members (excludes halogenated alkanes) is 2. The number of fused-ring (bicyclic) bond motifs is 2. The van der Waals surface area contributed by atoms with Crippen LogP contribution >= 0.6 is 0 Å². The number of amides is 2. The smallest absolute Gasteiger partial charge is 0.271 e. The first-order valence-corrected chi connectivity index (χ1v) is 28.0. The molecule has 2 aliphatic heterocycles. The molecule has 0 bridgehead atoms. The normalized spacial score (nSPS) is 19.9. The zero-order chi connectivity index (χ0) is 49.2. The number of nitrogens with one attached hydrogen (secondary N) is 1. The number of H-pyrrole nitrogens is 1. The Hall–Kier alpha value is -4.55. The van der Waals surface area contributed by atoms with Crippen molar-refractivity contribution >= 4 is 63.7 Å². The van der Waals surface area contributed by atoms with E-state index < -0.39 is 36.0 Å². The van der Waals surface area contributed by atoms with Crippen LogP contribution in [0.15, 0.2) is 81.4 Å². The number of hydrogen-bond acceptors (Lipinski definition) is 8. The third kappa shape index (κ3) is 10.9. The highest BCUT2D eigenvalue weighted by atomic mass is 32.2. The number of aryl methyl sites for hydroxylation is 2. The second kappa shape index (κ2) is 21.0. The van der Waals surface area contributed by atoms with E-state index in [1.165, 1.54) is 39.5 Å². The predicted octanol–water partition coefficient (Wildman–Crippen LogP) is 8.74. The lowest BCUT2D eigenvalue weighted by atomic mass is 9.94. The fraction of sp³-hybridized carbons (Fsp3) is 0.520. The van der Waals surface area contributed by atoms with Crippen molar-refractivity contribution in [2.75, 3.05) is 53.4 Å². The van der Waals surface area contributed by atoms with Gasteiger partial charge in [-0.15, -0.1) is 0 Å². The molecule has 366 valence electrons. The third-order valence-corrected chi connectivity index (χ3v) is 18.6. The fourth-order valence-electron chi connectivity index (χ4n) is 9.70. The van der Waals surface area contributed by atoms with E-state index in [0.29, 0.717) is 72.6 Å². The Morgan fingerprint density at radius 1 is 0.597 bits per heavy atom. The van der Waals surface area contributed by atoms with Crippen LogP contribution in [0.4, 0.5) is 0 Å². The van der Waals surface area contributed by atoms with Gasteiger partial charge >= 0.3 is 0 Å². The summed E-state index contributed by atoms with van der Waals surface area (Å²) in [5.41, 5.74) is 2.86. The summed E-state index contributed by atoms with van der Waals surface area (Å²) in [6.45, 7) is 19.2. The number of hydrogen-bond donors (Lipinski definition) is 1.